The van der Waals surface area contributed by atoms with E-state index in [2.05, 4.69) is 5.32 Å². The van der Waals surface area contributed by atoms with Crippen molar-refractivity contribution in [3.8, 4) is 16.9 Å². The number of rotatable bonds is 8. The van der Waals surface area contributed by atoms with Gasteiger partial charge in [0.15, 0.2) is 0 Å². The summed E-state index contributed by atoms with van der Waals surface area (Å²) < 4.78 is 17.4. The van der Waals surface area contributed by atoms with E-state index in [0.717, 1.165) is 23.8 Å². The normalized spacial score (nSPS) is 31.5. The molecule has 9 atom stereocenters. The number of hydrogen-bond acceptors (Lipinski definition) is 11. The molecule has 41 heavy (non-hydrogen) atoms. The van der Waals surface area contributed by atoms with E-state index in [4.69, 9.17) is 19.3 Å². The molecule has 12 heteroatoms. The largest absolute Gasteiger partial charge is 0.462 e. The Labute approximate surface area is 238 Å². The lowest BCUT2D eigenvalue weighted by molar-refractivity contribution is -0.273. The minimum Gasteiger partial charge on any atom is -0.462 e. The van der Waals surface area contributed by atoms with Crippen LogP contribution in [0.15, 0.2) is 42.5 Å². The third-order valence-electron chi connectivity index (χ3n) is 7.48. The molecule has 2 fully saturated rings. The highest BCUT2D eigenvalue weighted by molar-refractivity contribution is 5.95. The SMILES string of the molecule is CNC(=O)c1cccc(-c2ccc(O[C@H]3OC(CO)[C@@H](O)C(C[C@H]4OC(CO)CC(O)C4O)C3O)c(C)c2)c1.CO. The zero-order chi connectivity index (χ0) is 30.3. The smallest absolute Gasteiger partial charge is 0.251 e. The lowest BCUT2D eigenvalue weighted by atomic mass is 9.82. The Morgan fingerprint density at radius 1 is 0.927 bits per heavy atom. The minimum atomic E-state index is -1.37. The molecule has 8 N–H and O–H groups in total. The van der Waals surface area contributed by atoms with Crippen molar-refractivity contribution in [3.63, 3.8) is 0 Å². The third kappa shape index (κ3) is 7.60. The Morgan fingerprint density at radius 2 is 1.63 bits per heavy atom. The maximum Gasteiger partial charge on any atom is 0.251 e. The average Bonchev–Trinajstić information content (AvgIpc) is 3.00. The molecule has 0 spiro atoms. The number of ether oxygens (including phenoxy) is 3. The standard InChI is InChI=1S/C28H37NO10.CH4O/c1-14-8-16(15-4-3-5-17(9-15)27(36)29-2)6-7-21(14)38-28-25(34)19(24(33)23(13-31)39-28)11-22-26(35)20(32)10-18(12-30)37-22;1-2/h3-9,18-20,22-26,28,30-35H,10-13H2,1-2H3,(H,29,36);2H,1H3/t18?,19?,20?,22-,23?,24+,25?,26?,28+;/m1./s1. The fraction of sp³-hybridized carbons (Fsp3) is 0.552. The van der Waals surface area contributed by atoms with E-state index < -0.39 is 61.5 Å². The van der Waals surface area contributed by atoms with Crippen LogP contribution in [0.4, 0.5) is 0 Å². The monoisotopic (exact) mass is 579 g/mol. The number of nitrogens with one attached hydrogen (secondary N) is 1. The van der Waals surface area contributed by atoms with Gasteiger partial charge in [0.2, 0.25) is 6.29 Å². The van der Waals surface area contributed by atoms with Crippen LogP contribution < -0.4 is 10.1 Å². The molecule has 0 aromatic heterocycles. The first kappa shape index (κ1) is 32.9. The topological polar surface area (TPSA) is 198 Å². The van der Waals surface area contributed by atoms with Crippen LogP contribution in [0.1, 0.15) is 28.8 Å². The van der Waals surface area contributed by atoms with Gasteiger partial charge in [-0.15, -0.1) is 0 Å². The van der Waals surface area contributed by atoms with Crippen molar-refractivity contribution >= 4 is 5.91 Å². The van der Waals surface area contributed by atoms with Crippen molar-refractivity contribution in [1.29, 1.82) is 0 Å². The fourth-order valence-corrected chi connectivity index (χ4v) is 5.23. The second-order valence-corrected chi connectivity index (χ2v) is 10.1. The van der Waals surface area contributed by atoms with Crippen molar-refractivity contribution < 1.29 is 54.8 Å². The Bertz CT molecular complexity index is 1130. The van der Waals surface area contributed by atoms with Crippen LogP contribution in [0.2, 0.25) is 0 Å². The maximum absolute atomic E-state index is 12.0. The van der Waals surface area contributed by atoms with E-state index in [-0.39, 0.29) is 25.4 Å². The van der Waals surface area contributed by atoms with E-state index in [0.29, 0.717) is 11.3 Å². The number of aliphatic hydroxyl groups is 7. The van der Waals surface area contributed by atoms with Crippen LogP contribution in [-0.2, 0) is 9.47 Å². The van der Waals surface area contributed by atoms with Crippen LogP contribution in [0.25, 0.3) is 11.1 Å². The van der Waals surface area contributed by atoms with Crippen molar-refractivity contribution in [2.45, 2.75) is 68.8 Å². The summed E-state index contributed by atoms with van der Waals surface area (Å²) in [6, 6.07) is 12.6. The number of aliphatic hydroxyl groups excluding tert-OH is 7. The number of benzene rings is 2. The second-order valence-electron chi connectivity index (χ2n) is 10.1. The molecular formula is C29H41NO11. The quantitative estimate of drug-likeness (QED) is 0.197. The number of carbonyl (C=O) groups excluding carboxylic acids is 1. The van der Waals surface area contributed by atoms with Gasteiger partial charge in [-0.05, 0) is 54.3 Å². The Morgan fingerprint density at radius 3 is 2.27 bits per heavy atom. The fourth-order valence-electron chi connectivity index (χ4n) is 5.23. The Balaban J connectivity index is 0.00000226. The van der Waals surface area contributed by atoms with Gasteiger partial charge in [0.05, 0.1) is 37.6 Å². The second kappa shape index (κ2) is 15.0. The summed E-state index contributed by atoms with van der Waals surface area (Å²) in [5, 5.41) is 71.4. The molecule has 2 aliphatic rings. The van der Waals surface area contributed by atoms with Crippen molar-refractivity contribution in [1.82, 2.24) is 5.32 Å². The molecule has 0 bridgehead atoms. The van der Waals surface area contributed by atoms with E-state index in [1.807, 2.05) is 19.1 Å². The zero-order valence-corrected chi connectivity index (χ0v) is 23.3. The molecule has 1 amide bonds. The van der Waals surface area contributed by atoms with Gasteiger partial charge >= 0.3 is 0 Å². The molecule has 2 aromatic carbocycles. The highest BCUT2D eigenvalue weighted by Gasteiger charge is 2.48. The molecule has 2 aliphatic heterocycles. The predicted octanol–water partition coefficient (Wildman–Crippen LogP) is -0.674. The minimum absolute atomic E-state index is 0.0589. The van der Waals surface area contributed by atoms with Gasteiger partial charge in [-0.1, -0.05) is 18.2 Å². The van der Waals surface area contributed by atoms with E-state index >= 15 is 0 Å². The van der Waals surface area contributed by atoms with Gasteiger partial charge in [-0.25, -0.2) is 0 Å². The lowest BCUT2D eigenvalue weighted by Crippen LogP contribution is -2.59. The van der Waals surface area contributed by atoms with Crippen molar-refractivity contribution in [3.05, 3.63) is 53.6 Å². The number of amides is 1. The molecule has 0 aliphatic carbocycles. The molecule has 228 valence electrons. The first-order chi connectivity index (χ1) is 19.7. The maximum atomic E-state index is 12.0. The van der Waals surface area contributed by atoms with E-state index in [9.17, 15) is 35.4 Å². The summed E-state index contributed by atoms with van der Waals surface area (Å²) in [4.78, 5) is 12.0. The molecule has 0 saturated carbocycles. The highest BCUT2D eigenvalue weighted by atomic mass is 16.7. The summed E-state index contributed by atoms with van der Waals surface area (Å²) in [6.45, 7) is 0.921. The zero-order valence-electron chi connectivity index (χ0n) is 23.3. The molecule has 4 rings (SSSR count). The molecule has 0 radical (unpaired) electrons. The van der Waals surface area contributed by atoms with E-state index in [1.165, 1.54) is 0 Å². The summed E-state index contributed by atoms with van der Waals surface area (Å²) in [5.74, 6) is -0.723. The average molecular weight is 580 g/mol. The van der Waals surface area contributed by atoms with Crippen molar-refractivity contribution in [2.24, 2.45) is 5.92 Å². The van der Waals surface area contributed by atoms with E-state index in [1.54, 1.807) is 37.4 Å². The highest BCUT2D eigenvalue weighted by Crippen LogP contribution is 2.36. The van der Waals surface area contributed by atoms with Crippen LogP contribution in [0.3, 0.4) is 0 Å². The van der Waals surface area contributed by atoms with Gasteiger partial charge < -0.3 is 55.3 Å². The summed E-state index contributed by atoms with van der Waals surface area (Å²) in [5.41, 5.74) is 2.92. The molecule has 2 aromatic rings. The van der Waals surface area contributed by atoms with Gasteiger partial charge in [0, 0.05) is 32.1 Å². The van der Waals surface area contributed by atoms with Gasteiger partial charge in [0.25, 0.3) is 5.91 Å². The predicted molar refractivity (Wildman–Crippen MR) is 147 cm³/mol. The molecule has 6 unspecified atom stereocenters. The molecule has 2 heterocycles. The van der Waals surface area contributed by atoms with Crippen LogP contribution in [0.5, 0.6) is 5.75 Å². The summed E-state index contributed by atoms with van der Waals surface area (Å²) in [6.07, 6.45) is -9.08. The number of hydrogen-bond donors (Lipinski definition) is 8. The molecule has 2 saturated heterocycles. The Kier molecular flexibility index (Phi) is 12.0. The van der Waals surface area contributed by atoms with Gasteiger partial charge in [-0.3, -0.25) is 4.79 Å². The Hall–Kier alpha value is -2.65. The third-order valence-corrected chi connectivity index (χ3v) is 7.48. The first-order valence-electron chi connectivity index (χ1n) is 13.5. The van der Waals surface area contributed by atoms with Gasteiger partial charge in [0.1, 0.15) is 24.1 Å². The summed E-state index contributed by atoms with van der Waals surface area (Å²) >= 11 is 0. The van der Waals surface area contributed by atoms with Gasteiger partial charge in [-0.2, -0.15) is 0 Å². The lowest BCUT2D eigenvalue weighted by Gasteiger charge is -2.45. The number of carbonyl (C=O) groups is 1. The summed E-state index contributed by atoms with van der Waals surface area (Å²) in [7, 11) is 2.57. The number of aryl methyl sites for hydroxylation is 1. The van der Waals surface area contributed by atoms with Crippen molar-refractivity contribution in [2.75, 3.05) is 27.4 Å². The molecular weight excluding hydrogens is 538 g/mol. The first-order valence-corrected chi connectivity index (χ1v) is 13.5. The van der Waals surface area contributed by atoms with Crippen LogP contribution in [0, 0.1) is 12.8 Å². The van der Waals surface area contributed by atoms with Crippen LogP contribution >= 0.6 is 0 Å². The molecule has 12 nitrogen and oxygen atoms in total. The van der Waals surface area contributed by atoms with Crippen LogP contribution in [-0.4, -0.2) is 118 Å².